The van der Waals surface area contributed by atoms with Crippen LogP contribution in [0.4, 0.5) is 4.39 Å². The molecule has 0 unspecified atom stereocenters. The van der Waals surface area contributed by atoms with Crippen molar-refractivity contribution < 1.29 is 13.9 Å². The summed E-state index contributed by atoms with van der Waals surface area (Å²) < 4.78 is 18.8. The topological polar surface area (TPSA) is 49.5 Å². The molecule has 1 aliphatic rings. The van der Waals surface area contributed by atoms with Crippen LogP contribution >= 0.6 is 0 Å². The van der Waals surface area contributed by atoms with Crippen molar-refractivity contribution in [3.8, 4) is 0 Å². The summed E-state index contributed by atoms with van der Waals surface area (Å²) in [6.45, 7) is 2.91. The van der Waals surface area contributed by atoms with E-state index < -0.39 is 6.10 Å². The molecule has 2 heterocycles. The molecule has 2 aromatic rings. The summed E-state index contributed by atoms with van der Waals surface area (Å²) in [6.07, 6.45) is 1.88. The zero-order chi connectivity index (χ0) is 14.1. The second-order valence-electron chi connectivity index (χ2n) is 5.25. The van der Waals surface area contributed by atoms with Gasteiger partial charge in [0.2, 0.25) is 5.89 Å². The van der Waals surface area contributed by atoms with Crippen LogP contribution in [0.25, 0.3) is 0 Å². The van der Waals surface area contributed by atoms with Crippen LogP contribution < -0.4 is 0 Å². The van der Waals surface area contributed by atoms with Crippen LogP contribution in [0.3, 0.4) is 0 Å². The van der Waals surface area contributed by atoms with E-state index >= 15 is 0 Å². The summed E-state index contributed by atoms with van der Waals surface area (Å²) >= 11 is 0. The number of aliphatic hydroxyl groups excluding tert-OH is 1. The number of likely N-dealkylation sites (tertiary alicyclic amines) is 1. The Balaban J connectivity index is 1.81. The molecule has 1 saturated heterocycles. The number of hydrogen-bond acceptors (Lipinski definition) is 4. The first-order valence-electron chi connectivity index (χ1n) is 6.70. The maximum Gasteiger partial charge on any atom is 0.208 e. The average molecular weight is 276 g/mol. The largest absolute Gasteiger partial charge is 0.445 e. The third-order valence-corrected chi connectivity index (χ3v) is 3.62. The van der Waals surface area contributed by atoms with E-state index in [2.05, 4.69) is 9.88 Å². The summed E-state index contributed by atoms with van der Waals surface area (Å²) in [7, 11) is 0. The number of oxazole rings is 1. The summed E-state index contributed by atoms with van der Waals surface area (Å²) in [5.41, 5.74) is 0.879. The number of aryl methyl sites for hydroxylation is 1. The van der Waals surface area contributed by atoms with Crippen LogP contribution in [0.5, 0.6) is 0 Å². The van der Waals surface area contributed by atoms with Crippen molar-refractivity contribution in [2.75, 3.05) is 6.54 Å². The minimum atomic E-state index is -0.403. The molecule has 1 N–H and O–H groups in total. The van der Waals surface area contributed by atoms with Crippen LogP contribution in [-0.2, 0) is 6.54 Å². The zero-order valence-corrected chi connectivity index (χ0v) is 11.3. The van der Waals surface area contributed by atoms with Gasteiger partial charge < -0.3 is 9.52 Å². The normalized spacial score (nSPS) is 23.4. The molecule has 1 aromatic carbocycles. The van der Waals surface area contributed by atoms with E-state index in [4.69, 9.17) is 4.42 Å². The highest BCUT2D eigenvalue weighted by atomic mass is 19.1. The summed E-state index contributed by atoms with van der Waals surface area (Å²) in [6, 6.07) is 6.53. The molecule has 2 atom stereocenters. The smallest absolute Gasteiger partial charge is 0.208 e. The number of nitrogens with zero attached hydrogens (tertiary/aromatic N) is 2. The van der Waals surface area contributed by atoms with E-state index in [1.54, 1.807) is 12.3 Å². The number of hydrogen-bond donors (Lipinski definition) is 1. The molecule has 0 bridgehead atoms. The fraction of sp³-hybridized carbons (Fsp3) is 0.400. The predicted molar refractivity (Wildman–Crippen MR) is 71.4 cm³/mol. The molecular formula is C15H17FN2O2. The second kappa shape index (κ2) is 5.34. The Labute approximate surface area is 116 Å². The van der Waals surface area contributed by atoms with Crippen molar-refractivity contribution in [2.45, 2.75) is 32.0 Å². The lowest BCUT2D eigenvalue weighted by Gasteiger charge is -2.22. The molecule has 1 aliphatic heterocycles. The van der Waals surface area contributed by atoms with Crippen molar-refractivity contribution >= 4 is 0 Å². The Kier molecular flexibility index (Phi) is 3.54. The van der Waals surface area contributed by atoms with Gasteiger partial charge in [0.05, 0.1) is 18.8 Å². The standard InChI is InChI=1S/C15H17FN2O2/c1-10-7-17-15(20-10)9-18-8-13(19)6-14(18)11-3-2-4-12(16)5-11/h2-5,7,13-14,19H,6,8-9H2,1H3/t13-,14+/m1/s1. The molecule has 0 spiro atoms. The SMILES string of the molecule is Cc1cnc(CN2C[C@H](O)C[C@H]2c2cccc(F)c2)o1. The quantitative estimate of drug-likeness (QED) is 0.935. The van der Waals surface area contributed by atoms with Crippen molar-refractivity contribution in [2.24, 2.45) is 0 Å². The van der Waals surface area contributed by atoms with Crippen molar-refractivity contribution in [1.29, 1.82) is 0 Å². The lowest BCUT2D eigenvalue weighted by molar-refractivity contribution is 0.167. The Hall–Kier alpha value is -1.72. The Bertz CT molecular complexity index is 599. The van der Waals surface area contributed by atoms with Crippen molar-refractivity contribution in [3.05, 3.63) is 53.5 Å². The molecule has 1 aromatic heterocycles. The van der Waals surface area contributed by atoms with E-state index in [1.165, 1.54) is 12.1 Å². The Morgan fingerprint density at radius 1 is 1.50 bits per heavy atom. The average Bonchev–Trinajstić information content (AvgIpc) is 2.96. The van der Waals surface area contributed by atoms with Gasteiger partial charge in [-0.3, -0.25) is 4.90 Å². The number of aromatic nitrogens is 1. The van der Waals surface area contributed by atoms with E-state index in [0.717, 1.165) is 11.3 Å². The highest BCUT2D eigenvalue weighted by molar-refractivity contribution is 5.21. The first-order chi connectivity index (χ1) is 9.61. The van der Waals surface area contributed by atoms with Gasteiger partial charge in [-0.05, 0) is 31.0 Å². The van der Waals surface area contributed by atoms with Crippen LogP contribution in [0.15, 0.2) is 34.9 Å². The number of halogens is 1. The third kappa shape index (κ3) is 2.73. The molecule has 20 heavy (non-hydrogen) atoms. The third-order valence-electron chi connectivity index (χ3n) is 3.62. The molecule has 4 nitrogen and oxygen atoms in total. The van der Waals surface area contributed by atoms with E-state index in [1.807, 2.05) is 13.0 Å². The van der Waals surface area contributed by atoms with Crippen LogP contribution in [-0.4, -0.2) is 27.6 Å². The first kappa shape index (κ1) is 13.3. The molecule has 106 valence electrons. The molecule has 0 amide bonds. The van der Waals surface area contributed by atoms with Crippen LogP contribution in [0, 0.1) is 12.7 Å². The van der Waals surface area contributed by atoms with E-state index in [-0.39, 0.29) is 11.9 Å². The number of benzene rings is 1. The fourth-order valence-corrected chi connectivity index (χ4v) is 2.76. The van der Waals surface area contributed by atoms with Crippen LogP contribution in [0.1, 0.15) is 29.7 Å². The highest BCUT2D eigenvalue weighted by Crippen LogP contribution is 2.33. The maximum atomic E-state index is 13.4. The molecule has 0 aliphatic carbocycles. The van der Waals surface area contributed by atoms with Gasteiger partial charge in [0.1, 0.15) is 11.6 Å². The summed E-state index contributed by atoms with van der Waals surface area (Å²) in [4.78, 5) is 6.26. The lowest BCUT2D eigenvalue weighted by Crippen LogP contribution is -2.24. The second-order valence-corrected chi connectivity index (χ2v) is 5.25. The first-order valence-corrected chi connectivity index (χ1v) is 6.70. The summed E-state index contributed by atoms with van der Waals surface area (Å²) in [5.74, 6) is 1.14. The van der Waals surface area contributed by atoms with E-state index in [0.29, 0.717) is 25.4 Å². The minimum absolute atomic E-state index is 0.00657. The molecule has 0 radical (unpaired) electrons. The zero-order valence-electron chi connectivity index (χ0n) is 11.3. The van der Waals surface area contributed by atoms with Crippen molar-refractivity contribution in [3.63, 3.8) is 0 Å². The van der Waals surface area contributed by atoms with Gasteiger partial charge in [0.25, 0.3) is 0 Å². The fourth-order valence-electron chi connectivity index (χ4n) is 2.76. The molecule has 5 heteroatoms. The number of aliphatic hydroxyl groups is 1. The van der Waals surface area contributed by atoms with Gasteiger partial charge in [-0.25, -0.2) is 9.37 Å². The molecule has 3 rings (SSSR count). The Morgan fingerprint density at radius 3 is 3.05 bits per heavy atom. The molecule has 1 fully saturated rings. The van der Waals surface area contributed by atoms with Gasteiger partial charge in [-0.1, -0.05) is 12.1 Å². The van der Waals surface area contributed by atoms with Gasteiger partial charge in [0, 0.05) is 12.6 Å². The van der Waals surface area contributed by atoms with Gasteiger partial charge in [-0.2, -0.15) is 0 Å². The van der Waals surface area contributed by atoms with Gasteiger partial charge >= 0.3 is 0 Å². The number of β-amino-alcohol motifs (C(OH)–C–C–N with tert-alkyl or cyclic N) is 1. The van der Waals surface area contributed by atoms with Crippen LogP contribution in [0.2, 0.25) is 0 Å². The monoisotopic (exact) mass is 276 g/mol. The van der Waals surface area contributed by atoms with Gasteiger partial charge in [-0.15, -0.1) is 0 Å². The minimum Gasteiger partial charge on any atom is -0.445 e. The number of rotatable bonds is 3. The highest BCUT2D eigenvalue weighted by Gasteiger charge is 2.32. The van der Waals surface area contributed by atoms with Crippen molar-refractivity contribution in [1.82, 2.24) is 9.88 Å². The maximum absolute atomic E-state index is 13.4. The van der Waals surface area contributed by atoms with E-state index in [9.17, 15) is 9.50 Å². The molecule has 0 saturated carbocycles. The summed E-state index contributed by atoms with van der Waals surface area (Å²) in [5, 5.41) is 9.90. The lowest BCUT2D eigenvalue weighted by atomic mass is 10.0. The predicted octanol–water partition coefficient (Wildman–Crippen LogP) is 2.43. The molecular weight excluding hydrogens is 259 g/mol. The van der Waals surface area contributed by atoms with Gasteiger partial charge in [0.15, 0.2) is 0 Å². The Morgan fingerprint density at radius 2 is 2.35 bits per heavy atom.